The topological polar surface area (TPSA) is 81.4 Å². The van der Waals surface area contributed by atoms with Crippen LogP contribution in [-0.4, -0.2) is 33.7 Å². The van der Waals surface area contributed by atoms with Crippen LogP contribution in [-0.2, 0) is 14.6 Å². The third kappa shape index (κ3) is 4.52. The fraction of sp³-hybridized carbons (Fsp3) is 0.211. The highest BCUT2D eigenvalue weighted by molar-refractivity contribution is 7.91. The molecular weight excluding hydrogens is 407 g/mol. The lowest BCUT2D eigenvalue weighted by molar-refractivity contribution is 0.197. The molecule has 3 aromatic rings. The van der Waals surface area contributed by atoms with Crippen molar-refractivity contribution in [3.8, 4) is 11.5 Å². The molecule has 3 rings (SSSR count). The molecule has 0 radical (unpaired) electrons. The van der Waals surface area contributed by atoms with Crippen LogP contribution in [0.4, 0.5) is 10.3 Å². The predicted molar refractivity (Wildman–Crippen MR) is 104 cm³/mol. The minimum Gasteiger partial charge on any atom is -0.419 e. The van der Waals surface area contributed by atoms with E-state index in [-0.39, 0.29) is 21.7 Å². The average molecular weight is 425 g/mol. The molecule has 0 amide bonds. The molecular formula is C19H18ClFN2O4S. The number of anilines is 1. The van der Waals surface area contributed by atoms with Crippen LogP contribution in [0, 0.1) is 5.82 Å². The van der Waals surface area contributed by atoms with Crippen LogP contribution in [0.15, 0.2) is 62.9 Å². The maximum absolute atomic E-state index is 13.2. The molecule has 2 aromatic carbocycles. The largest absolute Gasteiger partial charge is 0.419 e. The van der Waals surface area contributed by atoms with E-state index < -0.39 is 15.7 Å². The van der Waals surface area contributed by atoms with E-state index in [1.807, 2.05) is 0 Å². The molecule has 28 heavy (non-hydrogen) atoms. The SMILES string of the molecule is COCCCNc1oc(-c2ccc(Cl)cc2)nc1S(=O)(=O)c1ccc(F)cc1. The summed E-state index contributed by atoms with van der Waals surface area (Å²) in [4.78, 5) is 4.12. The molecule has 0 atom stereocenters. The number of halogens is 2. The van der Waals surface area contributed by atoms with Crippen molar-refractivity contribution in [2.24, 2.45) is 0 Å². The summed E-state index contributed by atoms with van der Waals surface area (Å²) in [6.45, 7) is 0.931. The Hall–Kier alpha value is -2.42. The standard InChI is InChI=1S/C19H18ClFN2O4S/c1-26-12-2-11-22-18-19(28(24,25)16-9-7-15(21)8-10-16)23-17(27-18)13-3-5-14(20)6-4-13/h3-10,22H,2,11-12H2,1H3. The number of benzene rings is 2. The Morgan fingerprint density at radius 1 is 1.14 bits per heavy atom. The van der Waals surface area contributed by atoms with Gasteiger partial charge in [0.05, 0.1) is 4.90 Å². The van der Waals surface area contributed by atoms with Gasteiger partial charge in [-0.15, -0.1) is 0 Å². The summed E-state index contributed by atoms with van der Waals surface area (Å²) in [5.41, 5.74) is 0.574. The van der Waals surface area contributed by atoms with E-state index in [4.69, 9.17) is 20.8 Å². The molecule has 0 saturated carbocycles. The third-order valence-corrected chi connectivity index (χ3v) is 5.81. The van der Waals surface area contributed by atoms with Crippen molar-refractivity contribution in [2.45, 2.75) is 16.3 Å². The lowest BCUT2D eigenvalue weighted by Gasteiger charge is -2.06. The van der Waals surface area contributed by atoms with Gasteiger partial charge in [-0.2, -0.15) is 4.98 Å². The highest BCUT2D eigenvalue weighted by atomic mass is 35.5. The first-order valence-electron chi connectivity index (χ1n) is 8.42. The van der Waals surface area contributed by atoms with E-state index in [1.165, 1.54) is 12.1 Å². The Labute approximate surface area is 167 Å². The maximum Gasteiger partial charge on any atom is 0.233 e. The third-order valence-electron chi connectivity index (χ3n) is 3.88. The van der Waals surface area contributed by atoms with Gasteiger partial charge in [0.1, 0.15) is 5.82 Å². The molecule has 0 aliphatic heterocycles. The zero-order valence-corrected chi connectivity index (χ0v) is 16.6. The maximum atomic E-state index is 13.2. The van der Waals surface area contributed by atoms with Crippen LogP contribution in [0.5, 0.6) is 0 Å². The van der Waals surface area contributed by atoms with Crippen LogP contribution >= 0.6 is 11.6 Å². The molecule has 0 unspecified atom stereocenters. The second kappa shape index (κ2) is 8.72. The molecule has 1 N–H and O–H groups in total. The number of nitrogens with one attached hydrogen (secondary N) is 1. The summed E-state index contributed by atoms with van der Waals surface area (Å²) >= 11 is 5.90. The molecule has 0 aliphatic rings. The number of ether oxygens (including phenoxy) is 1. The minimum absolute atomic E-state index is 0.0189. The van der Waals surface area contributed by atoms with Crippen molar-refractivity contribution in [3.05, 3.63) is 59.4 Å². The van der Waals surface area contributed by atoms with Crippen molar-refractivity contribution >= 4 is 27.3 Å². The number of oxazole rings is 1. The van der Waals surface area contributed by atoms with Gasteiger partial charge in [0, 0.05) is 30.8 Å². The monoisotopic (exact) mass is 424 g/mol. The quantitative estimate of drug-likeness (QED) is 0.426. The molecule has 1 heterocycles. The van der Waals surface area contributed by atoms with Crippen LogP contribution in [0.25, 0.3) is 11.5 Å². The number of nitrogens with zero attached hydrogens (tertiary/aromatic N) is 1. The first-order chi connectivity index (χ1) is 13.4. The molecule has 0 fully saturated rings. The fourth-order valence-corrected chi connectivity index (χ4v) is 3.86. The van der Waals surface area contributed by atoms with Crippen LogP contribution < -0.4 is 5.32 Å². The van der Waals surface area contributed by atoms with Gasteiger partial charge in [-0.3, -0.25) is 0 Å². The Kier molecular flexibility index (Phi) is 6.33. The number of sulfone groups is 1. The molecule has 1 aromatic heterocycles. The molecule has 0 aliphatic carbocycles. The van der Waals surface area contributed by atoms with E-state index in [1.54, 1.807) is 31.4 Å². The first kappa shape index (κ1) is 20.3. The highest BCUT2D eigenvalue weighted by Crippen LogP contribution is 2.32. The smallest absolute Gasteiger partial charge is 0.233 e. The van der Waals surface area contributed by atoms with E-state index in [9.17, 15) is 12.8 Å². The molecule has 6 nitrogen and oxygen atoms in total. The van der Waals surface area contributed by atoms with Gasteiger partial charge in [0.15, 0.2) is 0 Å². The summed E-state index contributed by atoms with van der Waals surface area (Å²) in [6.07, 6.45) is 0.642. The first-order valence-corrected chi connectivity index (χ1v) is 10.3. The van der Waals surface area contributed by atoms with Gasteiger partial charge in [-0.1, -0.05) is 11.6 Å². The summed E-state index contributed by atoms with van der Waals surface area (Å²) in [5.74, 6) is -0.379. The number of rotatable bonds is 8. The Morgan fingerprint density at radius 2 is 1.82 bits per heavy atom. The Morgan fingerprint density at radius 3 is 2.46 bits per heavy atom. The van der Waals surface area contributed by atoms with Crippen LogP contribution in [0.1, 0.15) is 6.42 Å². The molecule has 0 saturated heterocycles. The zero-order chi connectivity index (χ0) is 20.1. The lowest BCUT2D eigenvalue weighted by atomic mass is 10.2. The van der Waals surface area contributed by atoms with E-state index >= 15 is 0 Å². The van der Waals surface area contributed by atoms with Crippen molar-refractivity contribution in [3.63, 3.8) is 0 Å². The van der Waals surface area contributed by atoms with Crippen LogP contribution in [0.3, 0.4) is 0 Å². The second-order valence-corrected chi connectivity index (χ2v) is 8.19. The van der Waals surface area contributed by atoms with Gasteiger partial charge in [-0.25, -0.2) is 12.8 Å². The summed E-state index contributed by atoms with van der Waals surface area (Å²) < 4.78 is 49.9. The summed E-state index contributed by atoms with van der Waals surface area (Å²) in [6, 6.07) is 11.2. The van der Waals surface area contributed by atoms with Crippen molar-refractivity contribution in [2.75, 3.05) is 25.6 Å². The normalized spacial score (nSPS) is 11.5. The molecule has 0 bridgehead atoms. The van der Waals surface area contributed by atoms with E-state index in [2.05, 4.69) is 10.3 Å². The minimum atomic E-state index is -4.02. The van der Waals surface area contributed by atoms with Gasteiger partial charge in [0.25, 0.3) is 0 Å². The number of hydrogen-bond donors (Lipinski definition) is 1. The zero-order valence-electron chi connectivity index (χ0n) is 15.0. The summed E-state index contributed by atoms with van der Waals surface area (Å²) in [7, 11) is -2.43. The second-order valence-electron chi connectivity index (χ2n) is 5.89. The number of methoxy groups -OCH3 is 1. The van der Waals surface area contributed by atoms with E-state index in [0.29, 0.717) is 30.2 Å². The Balaban J connectivity index is 2.01. The number of aromatic nitrogens is 1. The number of hydrogen-bond acceptors (Lipinski definition) is 6. The Bertz CT molecular complexity index is 1030. The van der Waals surface area contributed by atoms with E-state index in [0.717, 1.165) is 12.1 Å². The van der Waals surface area contributed by atoms with Crippen LogP contribution in [0.2, 0.25) is 5.02 Å². The van der Waals surface area contributed by atoms with Gasteiger partial charge >= 0.3 is 0 Å². The predicted octanol–water partition coefficient (Wildman–Crippen LogP) is 4.42. The van der Waals surface area contributed by atoms with Crippen molar-refractivity contribution in [1.29, 1.82) is 0 Å². The summed E-state index contributed by atoms with van der Waals surface area (Å²) in [5, 5.41) is 3.22. The molecule has 0 spiro atoms. The molecule has 9 heteroatoms. The van der Waals surface area contributed by atoms with Gasteiger partial charge in [-0.05, 0) is 55.0 Å². The highest BCUT2D eigenvalue weighted by Gasteiger charge is 2.28. The lowest BCUT2D eigenvalue weighted by Crippen LogP contribution is -2.09. The molecule has 148 valence electrons. The fourth-order valence-electron chi connectivity index (χ4n) is 2.46. The van der Waals surface area contributed by atoms with Crippen molar-refractivity contribution < 1.29 is 22.0 Å². The van der Waals surface area contributed by atoms with Gasteiger partial charge < -0.3 is 14.5 Å². The van der Waals surface area contributed by atoms with Gasteiger partial charge in [0.2, 0.25) is 26.6 Å². The average Bonchev–Trinajstić information content (AvgIpc) is 3.11. The van der Waals surface area contributed by atoms with Crippen molar-refractivity contribution in [1.82, 2.24) is 4.98 Å².